The smallest absolute Gasteiger partial charge is 0.313 e. The molecule has 1 saturated carbocycles. The molecule has 2 aliphatic rings. The minimum Gasteiger partial charge on any atom is -0.448 e. The molecule has 2 amide bonds. The number of hydrogen-bond donors (Lipinski definition) is 2. The van der Waals surface area contributed by atoms with Gasteiger partial charge < -0.3 is 4.74 Å². The summed E-state index contributed by atoms with van der Waals surface area (Å²) in [5, 5.41) is 0. The molecular weight excluding hydrogens is 315 g/mol. The highest BCUT2D eigenvalue weighted by Gasteiger charge is 2.75. The molecule has 128 valence electrons. The fourth-order valence-electron chi connectivity index (χ4n) is 3.64. The van der Waals surface area contributed by atoms with Gasteiger partial charge in [-0.3, -0.25) is 25.2 Å². The van der Waals surface area contributed by atoms with Gasteiger partial charge in [0.15, 0.2) is 5.60 Å². The summed E-state index contributed by atoms with van der Waals surface area (Å²) in [5.74, 6) is -1.99. The van der Waals surface area contributed by atoms with E-state index in [0.717, 1.165) is 12.1 Å². The average Bonchev–Trinajstić information content (AvgIpc) is 2.83. The summed E-state index contributed by atoms with van der Waals surface area (Å²) < 4.78 is 18.3. The summed E-state index contributed by atoms with van der Waals surface area (Å²) >= 11 is 0. The van der Waals surface area contributed by atoms with E-state index in [-0.39, 0.29) is 5.56 Å². The number of benzene rings is 1. The average molecular weight is 334 g/mol. The second kappa shape index (κ2) is 5.03. The number of nitrogens with one attached hydrogen (secondary N) is 2. The van der Waals surface area contributed by atoms with Gasteiger partial charge >= 0.3 is 5.97 Å². The van der Waals surface area contributed by atoms with Crippen LogP contribution in [0.3, 0.4) is 0 Å². The number of carbonyl (C=O) groups is 3. The van der Waals surface area contributed by atoms with Crippen molar-refractivity contribution in [1.29, 1.82) is 0 Å². The molecule has 6 nitrogen and oxygen atoms in total. The van der Waals surface area contributed by atoms with Crippen molar-refractivity contribution >= 4 is 17.8 Å². The zero-order chi connectivity index (χ0) is 17.8. The highest BCUT2D eigenvalue weighted by atomic mass is 19.1. The maximum atomic E-state index is 12.9. The lowest BCUT2D eigenvalue weighted by Crippen LogP contribution is -2.57. The van der Waals surface area contributed by atoms with Gasteiger partial charge in [0.1, 0.15) is 5.82 Å². The summed E-state index contributed by atoms with van der Waals surface area (Å²) in [6, 6.07) is 4.92. The van der Waals surface area contributed by atoms with Crippen LogP contribution in [0.5, 0.6) is 0 Å². The van der Waals surface area contributed by atoms with Crippen molar-refractivity contribution in [3.05, 3.63) is 35.6 Å². The van der Waals surface area contributed by atoms with Gasteiger partial charge in [-0.1, -0.05) is 13.8 Å². The number of esters is 1. The quantitative estimate of drug-likeness (QED) is 0.637. The summed E-state index contributed by atoms with van der Waals surface area (Å²) in [6.07, 6.45) is 0.957. The lowest BCUT2D eigenvalue weighted by atomic mass is 9.66. The van der Waals surface area contributed by atoms with E-state index >= 15 is 0 Å². The first-order valence-electron chi connectivity index (χ1n) is 7.74. The Morgan fingerprint density at radius 3 is 2.21 bits per heavy atom. The number of carbonyl (C=O) groups excluding carboxylic acids is 3. The number of amides is 2. The molecule has 0 spiro atoms. The molecule has 0 aromatic heterocycles. The van der Waals surface area contributed by atoms with Gasteiger partial charge in [-0.25, -0.2) is 4.39 Å². The number of ether oxygens (including phenoxy) is 1. The summed E-state index contributed by atoms with van der Waals surface area (Å²) in [4.78, 5) is 36.8. The number of hydrogen-bond acceptors (Lipinski definition) is 4. The normalized spacial score (nSPS) is 29.9. The molecule has 3 rings (SSSR count). The molecule has 1 saturated heterocycles. The molecule has 0 unspecified atom stereocenters. The van der Waals surface area contributed by atoms with Crippen molar-refractivity contribution in [2.45, 2.75) is 39.2 Å². The minimum atomic E-state index is -1.30. The van der Waals surface area contributed by atoms with Gasteiger partial charge in [0, 0.05) is 11.0 Å². The molecule has 2 bridgehead atoms. The van der Waals surface area contributed by atoms with E-state index in [0.29, 0.717) is 12.8 Å². The van der Waals surface area contributed by atoms with Crippen LogP contribution in [0.4, 0.5) is 4.39 Å². The zero-order valence-electron chi connectivity index (χ0n) is 13.7. The predicted molar refractivity (Wildman–Crippen MR) is 82.0 cm³/mol. The number of rotatable bonds is 2. The van der Waals surface area contributed by atoms with Crippen LogP contribution in [-0.4, -0.2) is 23.4 Å². The Labute approximate surface area is 138 Å². The van der Waals surface area contributed by atoms with Gasteiger partial charge in [-0.15, -0.1) is 0 Å². The van der Waals surface area contributed by atoms with Crippen LogP contribution in [0.25, 0.3) is 0 Å². The molecule has 1 aliphatic heterocycles. The molecule has 0 radical (unpaired) electrons. The van der Waals surface area contributed by atoms with Crippen molar-refractivity contribution in [3.63, 3.8) is 0 Å². The molecule has 1 aromatic carbocycles. The van der Waals surface area contributed by atoms with Crippen molar-refractivity contribution in [3.8, 4) is 0 Å². The lowest BCUT2D eigenvalue weighted by molar-refractivity contribution is -0.168. The third-order valence-corrected chi connectivity index (χ3v) is 5.85. The Bertz CT molecular complexity index is 731. The summed E-state index contributed by atoms with van der Waals surface area (Å²) in [6.45, 7) is 5.45. The summed E-state index contributed by atoms with van der Waals surface area (Å²) in [7, 11) is 0. The van der Waals surface area contributed by atoms with E-state index in [9.17, 15) is 18.8 Å². The van der Waals surface area contributed by atoms with E-state index in [1.54, 1.807) is 6.92 Å². The van der Waals surface area contributed by atoms with Gasteiger partial charge in [0.25, 0.3) is 11.8 Å². The largest absolute Gasteiger partial charge is 0.448 e. The van der Waals surface area contributed by atoms with E-state index < -0.39 is 40.0 Å². The van der Waals surface area contributed by atoms with E-state index in [1.807, 2.05) is 13.8 Å². The number of halogens is 1. The van der Waals surface area contributed by atoms with Crippen LogP contribution in [0.1, 0.15) is 44.0 Å². The Kier molecular flexibility index (Phi) is 3.44. The van der Waals surface area contributed by atoms with Crippen LogP contribution in [0, 0.1) is 16.6 Å². The standard InChI is InChI=1S/C17H19FN2O4/c1-15(2)16(3)8-9-17(15,24-14(16)23)13(22)20-19-12(21)10-4-6-11(18)7-5-10/h4-7H,8-9H2,1-3H3,(H,19,21)(H,20,22)/t16-,17-/m0/s1. The van der Waals surface area contributed by atoms with Crippen molar-refractivity contribution in [2.75, 3.05) is 0 Å². The molecule has 1 aliphatic carbocycles. The summed E-state index contributed by atoms with van der Waals surface area (Å²) in [5.41, 5.74) is 2.12. The van der Waals surface area contributed by atoms with E-state index in [2.05, 4.69) is 10.9 Å². The highest BCUT2D eigenvalue weighted by molar-refractivity contribution is 5.99. The van der Waals surface area contributed by atoms with Crippen LogP contribution >= 0.6 is 0 Å². The monoisotopic (exact) mass is 334 g/mol. The second-order valence-corrected chi connectivity index (χ2v) is 7.09. The molecule has 2 fully saturated rings. The maximum absolute atomic E-state index is 12.9. The number of hydrazine groups is 1. The third kappa shape index (κ3) is 1.96. The number of fused-ring (bicyclic) bond motifs is 2. The highest BCUT2D eigenvalue weighted by Crippen LogP contribution is 2.65. The van der Waals surface area contributed by atoms with Crippen LogP contribution in [-0.2, 0) is 14.3 Å². The van der Waals surface area contributed by atoms with Crippen molar-refractivity contribution in [2.24, 2.45) is 10.8 Å². The van der Waals surface area contributed by atoms with Crippen LogP contribution in [0.15, 0.2) is 24.3 Å². The second-order valence-electron chi connectivity index (χ2n) is 7.09. The fraction of sp³-hybridized carbons (Fsp3) is 0.471. The molecule has 2 atom stereocenters. The first-order chi connectivity index (χ1) is 11.1. The van der Waals surface area contributed by atoms with Crippen LogP contribution in [0.2, 0.25) is 0 Å². The minimum absolute atomic E-state index is 0.202. The fourth-order valence-corrected chi connectivity index (χ4v) is 3.64. The zero-order valence-corrected chi connectivity index (χ0v) is 13.7. The Morgan fingerprint density at radius 1 is 1.08 bits per heavy atom. The molecular formula is C17H19FN2O4. The lowest BCUT2D eigenvalue weighted by Gasteiger charge is -2.35. The van der Waals surface area contributed by atoms with Gasteiger partial charge in [0.05, 0.1) is 5.41 Å². The van der Waals surface area contributed by atoms with E-state index in [1.165, 1.54) is 12.1 Å². The Hall–Kier alpha value is -2.44. The first-order valence-corrected chi connectivity index (χ1v) is 7.74. The molecule has 7 heteroatoms. The van der Waals surface area contributed by atoms with Crippen molar-refractivity contribution in [1.82, 2.24) is 10.9 Å². The van der Waals surface area contributed by atoms with Gasteiger partial charge in [-0.2, -0.15) is 0 Å². The maximum Gasteiger partial charge on any atom is 0.313 e. The predicted octanol–water partition coefficient (Wildman–Crippen LogP) is 1.71. The topological polar surface area (TPSA) is 84.5 Å². The SMILES string of the molecule is CC1(C)[C@@]2(C)CC[C@@]1(C(=O)NNC(=O)c1ccc(F)cc1)OC2=O. The molecule has 24 heavy (non-hydrogen) atoms. The molecule has 1 aromatic rings. The van der Waals surface area contributed by atoms with Crippen LogP contribution < -0.4 is 10.9 Å². The van der Waals surface area contributed by atoms with Gasteiger partial charge in [-0.05, 0) is 44.0 Å². The Morgan fingerprint density at radius 2 is 1.71 bits per heavy atom. The van der Waals surface area contributed by atoms with E-state index in [4.69, 9.17) is 4.74 Å². The Balaban J connectivity index is 1.73. The van der Waals surface area contributed by atoms with Gasteiger partial charge in [0.2, 0.25) is 0 Å². The molecule has 2 N–H and O–H groups in total. The third-order valence-electron chi connectivity index (χ3n) is 5.85. The first kappa shape index (κ1) is 16.4. The molecule has 1 heterocycles. The van der Waals surface area contributed by atoms with Crippen molar-refractivity contribution < 1.29 is 23.5 Å².